The highest BCUT2D eigenvalue weighted by atomic mass is 79.9. The Bertz CT molecular complexity index is 344. The van der Waals surface area contributed by atoms with Gasteiger partial charge in [0, 0.05) is 4.47 Å². The Morgan fingerprint density at radius 3 is 2.79 bits per heavy atom. The first kappa shape index (κ1) is 11.5. The highest BCUT2D eigenvalue weighted by Gasteiger charge is 2.04. The largest absolute Gasteiger partial charge is 0.483 e. The molecule has 6 heteroatoms. The topological polar surface area (TPSA) is 64.3 Å². The molecule has 1 aromatic rings. The van der Waals surface area contributed by atoms with Gasteiger partial charge in [0.25, 0.3) is 5.91 Å². The zero-order chi connectivity index (χ0) is 10.6. The fourth-order valence-electron chi connectivity index (χ4n) is 0.777. The maximum Gasteiger partial charge on any atom is 0.271 e. The number of hydrogen-bond acceptors (Lipinski definition) is 3. The molecule has 0 unspecified atom stereocenters. The summed E-state index contributed by atoms with van der Waals surface area (Å²) in [4.78, 5) is 10.8. The van der Waals surface area contributed by atoms with Crippen LogP contribution < -0.4 is 16.0 Å². The minimum absolute atomic E-state index is 0.100. The van der Waals surface area contributed by atoms with Crippen LogP contribution >= 0.6 is 31.9 Å². The summed E-state index contributed by atoms with van der Waals surface area (Å²) in [6.45, 7) is -0.100. The Labute approximate surface area is 98.0 Å². The summed E-state index contributed by atoms with van der Waals surface area (Å²) in [6.07, 6.45) is 0. The molecule has 0 atom stereocenters. The van der Waals surface area contributed by atoms with Crippen molar-refractivity contribution in [3.05, 3.63) is 27.1 Å². The average Bonchev–Trinajstić information content (AvgIpc) is 2.16. The number of benzene rings is 1. The Morgan fingerprint density at radius 1 is 1.50 bits per heavy atom. The van der Waals surface area contributed by atoms with Crippen LogP contribution in [0.5, 0.6) is 5.75 Å². The number of carbonyl (C=O) groups excluding carboxylic acids is 1. The van der Waals surface area contributed by atoms with E-state index in [9.17, 15) is 4.79 Å². The monoisotopic (exact) mass is 322 g/mol. The van der Waals surface area contributed by atoms with Gasteiger partial charge in [0.2, 0.25) is 0 Å². The number of hydrogen-bond donors (Lipinski definition) is 2. The van der Waals surface area contributed by atoms with Gasteiger partial charge in [-0.1, -0.05) is 15.9 Å². The lowest BCUT2D eigenvalue weighted by Gasteiger charge is -2.06. The maximum atomic E-state index is 10.8. The van der Waals surface area contributed by atoms with Crippen LogP contribution in [0.3, 0.4) is 0 Å². The zero-order valence-corrected chi connectivity index (χ0v) is 10.3. The molecular formula is C8H8Br2N2O2. The van der Waals surface area contributed by atoms with Crippen molar-refractivity contribution < 1.29 is 9.53 Å². The van der Waals surface area contributed by atoms with Gasteiger partial charge in [0.05, 0.1) is 4.47 Å². The summed E-state index contributed by atoms with van der Waals surface area (Å²) in [7, 11) is 0. The van der Waals surface area contributed by atoms with E-state index in [4.69, 9.17) is 10.6 Å². The van der Waals surface area contributed by atoms with E-state index in [1.807, 2.05) is 17.6 Å². The summed E-state index contributed by atoms with van der Waals surface area (Å²) < 4.78 is 6.89. The first-order valence-corrected chi connectivity index (χ1v) is 5.29. The van der Waals surface area contributed by atoms with Crippen molar-refractivity contribution in [2.45, 2.75) is 0 Å². The number of carbonyl (C=O) groups is 1. The van der Waals surface area contributed by atoms with E-state index in [-0.39, 0.29) is 12.5 Å². The molecule has 3 N–H and O–H groups in total. The fraction of sp³-hybridized carbons (Fsp3) is 0.125. The van der Waals surface area contributed by atoms with Gasteiger partial charge in [-0.2, -0.15) is 0 Å². The van der Waals surface area contributed by atoms with Crippen LogP contribution in [0.15, 0.2) is 27.1 Å². The molecule has 0 fully saturated rings. The second kappa shape index (κ2) is 5.33. The molecule has 76 valence electrons. The lowest BCUT2D eigenvalue weighted by molar-refractivity contribution is -0.123. The van der Waals surface area contributed by atoms with Gasteiger partial charge in [-0.05, 0) is 34.1 Å². The van der Waals surface area contributed by atoms with Crippen LogP contribution in [0.25, 0.3) is 0 Å². The van der Waals surface area contributed by atoms with Crippen LogP contribution in [0.2, 0.25) is 0 Å². The Kier molecular flexibility index (Phi) is 4.37. The summed E-state index contributed by atoms with van der Waals surface area (Å²) in [5, 5.41) is 0. The highest BCUT2D eigenvalue weighted by molar-refractivity contribution is 9.11. The van der Waals surface area contributed by atoms with Gasteiger partial charge >= 0.3 is 0 Å². The molecule has 14 heavy (non-hydrogen) atoms. The number of nitrogens with two attached hydrogens (primary N) is 1. The molecule has 1 amide bonds. The molecule has 0 heterocycles. The third-order valence-corrected chi connectivity index (χ3v) is 2.53. The molecule has 0 radical (unpaired) electrons. The zero-order valence-electron chi connectivity index (χ0n) is 7.09. The summed E-state index contributed by atoms with van der Waals surface area (Å²) >= 11 is 6.61. The molecule has 0 aliphatic carbocycles. The van der Waals surface area contributed by atoms with Gasteiger partial charge in [0.1, 0.15) is 5.75 Å². The second-order valence-electron chi connectivity index (χ2n) is 2.43. The molecule has 1 rings (SSSR count). The maximum absolute atomic E-state index is 10.8. The van der Waals surface area contributed by atoms with Crippen molar-refractivity contribution in [1.29, 1.82) is 0 Å². The van der Waals surface area contributed by atoms with Crippen molar-refractivity contribution in [3.63, 3.8) is 0 Å². The first-order valence-electron chi connectivity index (χ1n) is 3.71. The molecule has 0 aromatic heterocycles. The van der Waals surface area contributed by atoms with E-state index in [1.54, 1.807) is 6.07 Å². The lowest BCUT2D eigenvalue weighted by Crippen LogP contribution is -2.34. The van der Waals surface area contributed by atoms with Crippen molar-refractivity contribution in [3.8, 4) is 5.75 Å². The van der Waals surface area contributed by atoms with Gasteiger partial charge in [0.15, 0.2) is 6.61 Å². The first-order chi connectivity index (χ1) is 6.63. The van der Waals surface area contributed by atoms with Crippen molar-refractivity contribution >= 4 is 37.8 Å². The van der Waals surface area contributed by atoms with Gasteiger partial charge in [-0.15, -0.1) is 0 Å². The smallest absolute Gasteiger partial charge is 0.271 e. The molecule has 1 aromatic carbocycles. The predicted octanol–water partition coefficient (Wildman–Crippen LogP) is 1.58. The molecule has 0 aliphatic rings. The number of hydrazine groups is 1. The third-order valence-electron chi connectivity index (χ3n) is 1.41. The van der Waals surface area contributed by atoms with Crippen LogP contribution in [-0.4, -0.2) is 12.5 Å². The molecular weight excluding hydrogens is 316 g/mol. The van der Waals surface area contributed by atoms with E-state index < -0.39 is 0 Å². The van der Waals surface area contributed by atoms with Gasteiger partial charge in [-0.25, -0.2) is 5.84 Å². The van der Waals surface area contributed by atoms with Gasteiger partial charge < -0.3 is 4.74 Å². The molecule has 0 aliphatic heterocycles. The number of amides is 1. The second-order valence-corrected chi connectivity index (χ2v) is 4.20. The van der Waals surface area contributed by atoms with Crippen LogP contribution in [-0.2, 0) is 4.79 Å². The Balaban J connectivity index is 2.63. The summed E-state index contributed by atoms with van der Waals surface area (Å²) in [5.74, 6) is 5.12. The lowest BCUT2D eigenvalue weighted by atomic mass is 10.3. The van der Waals surface area contributed by atoms with E-state index in [0.717, 1.165) is 8.95 Å². The van der Waals surface area contributed by atoms with Gasteiger partial charge in [-0.3, -0.25) is 10.2 Å². The van der Waals surface area contributed by atoms with Crippen molar-refractivity contribution in [2.75, 3.05) is 6.61 Å². The Hall–Kier alpha value is -0.590. The summed E-state index contributed by atoms with van der Waals surface area (Å²) in [6, 6.07) is 5.40. The van der Waals surface area contributed by atoms with Crippen molar-refractivity contribution in [1.82, 2.24) is 5.43 Å². The number of halogens is 2. The molecule has 0 bridgehead atoms. The third kappa shape index (κ3) is 3.28. The summed E-state index contributed by atoms with van der Waals surface area (Å²) in [5.41, 5.74) is 1.98. The number of ether oxygens (including phenoxy) is 1. The normalized spacial score (nSPS) is 9.64. The average molecular weight is 324 g/mol. The molecule has 0 spiro atoms. The quantitative estimate of drug-likeness (QED) is 0.504. The highest BCUT2D eigenvalue weighted by Crippen LogP contribution is 2.27. The van der Waals surface area contributed by atoms with E-state index in [1.165, 1.54) is 0 Å². The van der Waals surface area contributed by atoms with E-state index >= 15 is 0 Å². The number of rotatable bonds is 3. The standard InChI is InChI=1S/C8H8Br2N2O2/c9-5-1-2-7(6(10)3-5)14-4-8(13)12-11/h1-3H,4,11H2,(H,12,13). The number of nitrogens with one attached hydrogen (secondary N) is 1. The van der Waals surface area contributed by atoms with E-state index in [0.29, 0.717) is 5.75 Å². The molecule has 0 saturated carbocycles. The van der Waals surface area contributed by atoms with Crippen molar-refractivity contribution in [2.24, 2.45) is 5.84 Å². The molecule has 0 saturated heterocycles. The van der Waals surface area contributed by atoms with Crippen LogP contribution in [0.4, 0.5) is 0 Å². The predicted molar refractivity (Wildman–Crippen MR) is 59.7 cm³/mol. The SMILES string of the molecule is NNC(=O)COc1ccc(Br)cc1Br. The molecule has 4 nitrogen and oxygen atoms in total. The van der Waals surface area contributed by atoms with E-state index in [2.05, 4.69) is 31.9 Å². The Morgan fingerprint density at radius 2 is 2.21 bits per heavy atom. The van der Waals surface area contributed by atoms with Crippen LogP contribution in [0, 0.1) is 0 Å². The minimum Gasteiger partial charge on any atom is -0.483 e. The fourth-order valence-corrected chi connectivity index (χ4v) is 1.94. The van der Waals surface area contributed by atoms with Crippen LogP contribution in [0.1, 0.15) is 0 Å². The minimum atomic E-state index is -0.375.